The average molecular weight is 517 g/mol. The molecule has 3 aromatic rings. The molecule has 2 N–H and O–H groups in total. The molecule has 0 saturated carbocycles. The van der Waals surface area contributed by atoms with Crippen LogP contribution in [0.2, 0.25) is 0 Å². The van der Waals surface area contributed by atoms with E-state index in [1.165, 1.54) is 24.6 Å². The van der Waals surface area contributed by atoms with Crippen molar-refractivity contribution in [1.29, 1.82) is 0 Å². The monoisotopic (exact) mass is 516 g/mol. The number of anilines is 1. The molecule has 1 aliphatic rings. The quantitative estimate of drug-likeness (QED) is 0.441. The molecule has 35 heavy (non-hydrogen) atoms. The number of rotatable bonds is 9. The molecule has 0 amide bonds. The lowest BCUT2D eigenvalue weighted by molar-refractivity contribution is -0.113. The topological polar surface area (TPSA) is 148 Å². The maximum absolute atomic E-state index is 12.9. The second-order valence-electron chi connectivity index (χ2n) is 8.20. The van der Waals surface area contributed by atoms with Gasteiger partial charge >= 0.3 is 0 Å². The number of Topliss-reactive ketones (excluding diaryl/α,β-unsaturated/α-hetero) is 1. The van der Waals surface area contributed by atoms with Gasteiger partial charge < -0.3 is 9.73 Å². The van der Waals surface area contributed by atoms with Gasteiger partial charge in [0.15, 0.2) is 11.6 Å². The molecule has 10 nitrogen and oxygen atoms in total. The van der Waals surface area contributed by atoms with Gasteiger partial charge in [0.05, 0.1) is 24.1 Å². The minimum atomic E-state index is -4.17. The Balaban J connectivity index is 1.53. The first kappa shape index (κ1) is 24.8. The van der Waals surface area contributed by atoms with Gasteiger partial charge in [-0.05, 0) is 36.6 Å². The highest BCUT2D eigenvalue weighted by molar-refractivity contribution is 7.90. The molecule has 0 bridgehead atoms. The fraction of sp³-hybridized carbons (Fsp3) is 0.261. The van der Waals surface area contributed by atoms with Gasteiger partial charge in [-0.25, -0.2) is 18.1 Å². The molecule has 2 aromatic carbocycles. The largest absolute Gasteiger partial charge is 0.448 e. The SMILES string of the molecule is CC(NS(C)(=O)=O)c1ccc2c(c1)S(=O)(=O)N=C(C(=O)CCC(c1ccccc1)c1ncco1)N2. The highest BCUT2D eigenvalue weighted by atomic mass is 32.2. The number of carbonyl (C=O) groups excluding carboxylic acids is 1. The lowest BCUT2D eigenvalue weighted by Crippen LogP contribution is -2.30. The lowest BCUT2D eigenvalue weighted by atomic mass is 9.93. The van der Waals surface area contributed by atoms with Gasteiger partial charge in [0.1, 0.15) is 11.2 Å². The summed E-state index contributed by atoms with van der Waals surface area (Å²) in [5, 5.41) is 2.81. The number of hydrogen-bond acceptors (Lipinski definition) is 8. The van der Waals surface area contributed by atoms with Crippen molar-refractivity contribution in [2.75, 3.05) is 11.6 Å². The Bertz CT molecular complexity index is 1470. The third kappa shape index (κ3) is 5.84. The van der Waals surface area contributed by atoms with E-state index < -0.39 is 31.9 Å². The van der Waals surface area contributed by atoms with Crippen molar-refractivity contribution in [2.45, 2.75) is 36.6 Å². The Kier molecular flexibility index (Phi) is 6.88. The zero-order valence-corrected chi connectivity index (χ0v) is 20.6. The van der Waals surface area contributed by atoms with Crippen LogP contribution in [0.25, 0.3) is 0 Å². The Morgan fingerprint density at radius 3 is 2.54 bits per heavy atom. The van der Waals surface area contributed by atoms with Gasteiger partial charge in [0.2, 0.25) is 15.9 Å². The molecule has 2 heterocycles. The number of oxazole rings is 1. The van der Waals surface area contributed by atoms with E-state index in [1.54, 1.807) is 13.0 Å². The molecule has 0 aliphatic carbocycles. The summed E-state index contributed by atoms with van der Waals surface area (Å²) < 4.78 is 60.3. The molecule has 0 radical (unpaired) electrons. The number of amidine groups is 1. The number of sulfonamides is 2. The molecule has 0 fully saturated rings. The third-order valence-electron chi connectivity index (χ3n) is 5.51. The van der Waals surface area contributed by atoms with E-state index in [1.807, 2.05) is 30.3 Å². The number of carbonyl (C=O) groups is 1. The van der Waals surface area contributed by atoms with E-state index in [2.05, 4.69) is 19.4 Å². The zero-order valence-electron chi connectivity index (χ0n) is 19.0. The normalized spacial score (nSPS) is 16.5. The summed E-state index contributed by atoms with van der Waals surface area (Å²) in [6.07, 6.45) is 4.36. The highest BCUT2D eigenvalue weighted by Gasteiger charge is 2.30. The number of fused-ring (bicyclic) bond motifs is 1. The number of nitrogens with one attached hydrogen (secondary N) is 2. The van der Waals surface area contributed by atoms with Crippen LogP contribution in [0.15, 0.2) is 74.7 Å². The summed E-state index contributed by atoms with van der Waals surface area (Å²) in [5.74, 6) is -0.561. The molecule has 1 aromatic heterocycles. The van der Waals surface area contributed by atoms with E-state index in [4.69, 9.17) is 4.42 Å². The summed E-state index contributed by atoms with van der Waals surface area (Å²) in [5.41, 5.74) is 1.57. The standard InChI is InChI=1S/C23H24N4O6S2/c1-15(26-34(2,29)30)17-8-10-19-21(14-17)35(31,32)27-22(25-19)20(28)11-9-18(23-24-12-13-33-23)16-6-4-3-5-7-16/h3-8,10,12-15,18,26H,9,11H2,1-2H3,(H,25,27). The molecular weight excluding hydrogens is 492 g/mol. The van der Waals surface area contributed by atoms with Crippen molar-refractivity contribution < 1.29 is 26.0 Å². The number of ketones is 1. The molecule has 1 aliphatic heterocycles. The van der Waals surface area contributed by atoms with Crippen molar-refractivity contribution in [3.63, 3.8) is 0 Å². The van der Waals surface area contributed by atoms with Gasteiger partial charge in [0, 0.05) is 12.5 Å². The first-order chi connectivity index (χ1) is 16.5. The van der Waals surface area contributed by atoms with Crippen LogP contribution in [0.1, 0.15) is 48.7 Å². The van der Waals surface area contributed by atoms with Crippen LogP contribution >= 0.6 is 0 Å². The van der Waals surface area contributed by atoms with E-state index >= 15 is 0 Å². The minimum Gasteiger partial charge on any atom is -0.448 e. The maximum atomic E-state index is 12.9. The van der Waals surface area contributed by atoms with Gasteiger partial charge in [-0.1, -0.05) is 36.4 Å². The predicted octanol–water partition coefficient (Wildman–Crippen LogP) is 2.98. The van der Waals surface area contributed by atoms with Crippen LogP contribution in [-0.4, -0.2) is 39.7 Å². The fourth-order valence-electron chi connectivity index (χ4n) is 3.87. The van der Waals surface area contributed by atoms with Crippen molar-refractivity contribution in [3.05, 3.63) is 78.0 Å². The molecule has 4 rings (SSSR count). The maximum Gasteiger partial charge on any atom is 0.286 e. The van der Waals surface area contributed by atoms with Crippen molar-refractivity contribution in [2.24, 2.45) is 4.40 Å². The van der Waals surface area contributed by atoms with E-state index in [9.17, 15) is 21.6 Å². The van der Waals surface area contributed by atoms with Crippen LogP contribution in [0.4, 0.5) is 5.69 Å². The van der Waals surface area contributed by atoms with E-state index in [0.717, 1.165) is 11.8 Å². The van der Waals surface area contributed by atoms with Crippen molar-refractivity contribution in [1.82, 2.24) is 9.71 Å². The van der Waals surface area contributed by atoms with Crippen molar-refractivity contribution in [3.8, 4) is 0 Å². The van der Waals surface area contributed by atoms with Crippen LogP contribution < -0.4 is 10.0 Å². The van der Waals surface area contributed by atoms with Gasteiger partial charge in [-0.15, -0.1) is 4.40 Å². The number of benzene rings is 2. The predicted molar refractivity (Wildman–Crippen MR) is 130 cm³/mol. The van der Waals surface area contributed by atoms with Crippen molar-refractivity contribution >= 4 is 37.4 Å². The Morgan fingerprint density at radius 2 is 1.89 bits per heavy atom. The van der Waals surface area contributed by atoms with E-state index in [0.29, 0.717) is 17.9 Å². The molecule has 2 unspecified atom stereocenters. The van der Waals surface area contributed by atoms with Crippen LogP contribution in [-0.2, 0) is 24.8 Å². The first-order valence-electron chi connectivity index (χ1n) is 10.7. The smallest absolute Gasteiger partial charge is 0.286 e. The summed E-state index contributed by atoms with van der Waals surface area (Å²) >= 11 is 0. The summed E-state index contributed by atoms with van der Waals surface area (Å²) in [4.78, 5) is 17.0. The van der Waals surface area contributed by atoms with Crippen LogP contribution in [0, 0.1) is 0 Å². The summed E-state index contributed by atoms with van der Waals surface area (Å²) in [6, 6.07) is 13.2. The summed E-state index contributed by atoms with van der Waals surface area (Å²) in [6.45, 7) is 1.60. The average Bonchev–Trinajstić information content (AvgIpc) is 3.32. The second-order valence-corrected chi connectivity index (χ2v) is 11.6. The highest BCUT2D eigenvalue weighted by Crippen LogP contribution is 2.32. The Labute approximate surface area is 203 Å². The zero-order chi connectivity index (χ0) is 25.2. The molecule has 0 saturated heterocycles. The number of nitrogens with zero attached hydrogens (tertiary/aromatic N) is 2. The second kappa shape index (κ2) is 9.72. The minimum absolute atomic E-state index is 0.00598. The van der Waals surface area contributed by atoms with Crippen LogP contribution in [0.3, 0.4) is 0 Å². The molecular formula is C23H24N4O6S2. The number of aromatic nitrogens is 1. The Hall–Kier alpha value is -3.35. The molecule has 0 spiro atoms. The Morgan fingerprint density at radius 1 is 1.14 bits per heavy atom. The first-order valence-corrected chi connectivity index (χ1v) is 14.1. The fourth-order valence-corrected chi connectivity index (χ4v) is 5.82. The number of hydrogen-bond donors (Lipinski definition) is 2. The third-order valence-corrected chi connectivity index (χ3v) is 7.61. The molecule has 12 heteroatoms. The van der Waals surface area contributed by atoms with Gasteiger partial charge in [0.25, 0.3) is 10.0 Å². The van der Waals surface area contributed by atoms with Crippen LogP contribution in [0.5, 0.6) is 0 Å². The molecule has 2 atom stereocenters. The molecule has 184 valence electrons. The lowest BCUT2D eigenvalue weighted by Gasteiger charge is -2.20. The summed E-state index contributed by atoms with van der Waals surface area (Å²) in [7, 11) is -7.66. The van der Waals surface area contributed by atoms with Gasteiger partial charge in [-0.2, -0.15) is 8.42 Å². The van der Waals surface area contributed by atoms with E-state index in [-0.39, 0.29) is 28.8 Å². The van der Waals surface area contributed by atoms with Gasteiger partial charge in [-0.3, -0.25) is 4.79 Å².